The lowest BCUT2D eigenvalue weighted by Crippen LogP contribution is -2.55. The van der Waals surface area contributed by atoms with Crippen molar-refractivity contribution in [3.63, 3.8) is 0 Å². The van der Waals surface area contributed by atoms with Crippen molar-refractivity contribution in [1.29, 1.82) is 0 Å². The van der Waals surface area contributed by atoms with E-state index in [9.17, 15) is 9.18 Å². The molecule has 0 aliphatic carbocycles. The van der Waals surface area contributed by atoms with Crippen LogP contribution in [-0.4, -0.2) is 17.1 Å². The Morgan fingerprint density at radius 2 is 1.97 bits per heavy atom. The molecular formula is C28H26BrClFN3O. The van der Waals surface area contributed by atoms with Gasteiger partial charge in [0.15, 0.2) is 0 Å². The number of hydrogen-bond donors (Lipinski definition) is 3. The summed E-state index contributed by atoms with van der Waals surface area (Å²) in [5.41, 5.74) is 10.5. The highest BCUT2D eigenvalue weighted by molar-refractivity contribution is 9.10. The first kappa shape index (κ1) is 24.2. The standard InChI is InChI=1S/C28H26BrClFN3O/c1-16-11-21(31)6-7-22(16)25-15-28(32,9-10-33-25)26(17-3-2-4-20(30)13-17)23-14-18-12-19(29)5-8-24(18)34-27(23)35/h2-8,11-14,25-26,33H,9-10,15,32H2,1H3,(H,34,35). The number of benzene rings is 3. The molecule has 4 N–H and O–H groups in total. The van der Waals surface area contributed by atoms with Gasteiger partial charge in [-0.25, -0.2) is 4.39 Å². The van der Waals surface area contributed by atoms with Gasteiger partial charge in [-0.2, -0.15) is 0 Å². The van der Waals surface area contributed by atoms with Gasteiger partial charge in [0.05, 0.1) is 0 Å². The van der Waals surface area contributed by atoms with Crippen molar-refractivity contribution < 1.29 is 4.39 Å². The number of hydrogen-bond acceptors (Lipinski definition) is 3. The van der Waals surface area contributed by atoms with Gasteiger partial charge in [-0.1, -0.05) is 45.7 Å². The molecule has 0 amide bonds. The molecule has 1 aromatic heterocycles. The van der Waals surface area contributed by atoms with Crippen LogP contribution in [0.15, 0.2) is 76.0 Å². The van der Waals surface area contributed by atoms with Gasteiger partial charge in [-0.15, -0.1) is 0 Å². The van der Waals surface area contributed by atoms with Crippen LogP contribution in [0.4, 0.5) is 4.39 Å². The van der Waals surface area contributed by atoms with Crippen molar-refractivity contribution in [2.45, 2.75) is 37.3 Å². The smallest absolute Gasteiger partial charge is 0.252 e. The summed E-state index contributed by atoms with van der Waals surface area (Å²) in [7, 11) is 0. The molecule has 1 saturated heterocycles. The zero-order chi connectivity index (χ0) is 24.7. The number of halogens is 3. The molecule has 0 radical (unpaired) electrons. The molecule has 180 valence electrons. The number of nitrogens with one attached hydrogen (secondary N) is 2. The summed E-state index contributed by atoms with van der Waals surface area (Å²) in [6.07, 6.45) is 1.24. The molecule has 1 aliphatic rings. The lowest BCUT2D eigenvalue weighted by atomic mass is 9.68. The minimum Gasteiger partial charge on any atom is -0.324 e. The minimum atomic E-state index is -0.742. The molecule has 4 aromatic rings. The normalized spacial score (nSPS) is 21.2. The van der Waals surface area contributed by atoms with Crippen LogP contribution in [0.2, 0.25) is 5.02 Å². The van der Waals surface area contributed by atoms with Gasteiger partial charge in [0, 0.05) is 38.1 Å². The summed E-state index contributed by atoms with van der Waals surface area (Å²) >= 11 is 9.93. The zero-order valence-corrected chi connectivity index (χ0v) is 21.6. The molecular weight excluding hydrogens is 529 g/mol. The maximum atomic E-state index is 13.8. The molecule has 0 saturated carbocycles. The molecule has 1 fully saturated rings. The average Bonchev–Trinajstić information content (AvgIpc) is 2.80. The molecule has 0 bridgehead atoms. The third kappa shape index (κ3) is 4.81. The third-order valence-electron chi connectivity index (χ3n) is 7.08. The number of aromatic amines is 1. The van der Waals surface area contributed by atoms with Crippen LogP contribution in [0.3, 0.4) is 0 Å². The van der Waals surface area contributed by atoms with Crippen molar-refractivity contribution in [1.82, 2.24) is 10.3 Å². The number of aromatic nitrogens is 1. The Balaban J connectivity index is 1.65. The summed E-state index contributed by atoms with van der Waals surface area (Å²) < 4.78 is 14.7. The van der Waals surface area contributed by atoms with E-state index in [-0.39, 0.29) is 17.4 Å². The lowest BCUT2D eigenvalue weighted by molar-refractivity contribution is 0.232. The fraction of sp³-hybridized carbons (Fsp3) is 0.250. The highest BCUT2D eigenvalue weighted by Crippen LogP contribution is 2.43. The molecule has 3 unspecified atom stereocenters. The average molecular weight is 555 g/mol. The van der Waals surface area contributed by atoms with E-state index < -0.39 is 11.5 Å². The first-order chi connectivity index (χ1) is 16.7. The maximum Gasteiger partial charge on any atom is 0.252 e. The van der Waals surface area contributed by atoms with E-state index in [2.05, 4.69) is 26.2 Å². The van der Waals surface area contributed by atoms with Gasteiger partial charge in [0.1, 0.15) is 5.82 Å². The number of fused-ring (bicyclic) bond motifs is 1. The van der Waals surface area contributed by atoms with Crippen molar-refractivity contribution in [3.05, 3.63) is 115 Å². The minimum absolute atomic E-state index is 0.0651. The lowest BCUT2D eigenvalue weighted by Gasteiger charge is -2.44. The number of aryl methyl sites for hydroxylation is 1. The summed E-state index contributed by atoms with van der Waals surface area (Å²) in [6, 6.07) is 20.1. The van der Waals surface area contributed by atoms with Crippen LogP contribution >= 0.6 is 27.5 Å². The van der Waals surface area contributed by atoms with Crippen LogP contribution in [0.1, 0.15) is 47.1 Å². The summed E-state index contributed by atoms with van der Waals surface area (Å²) in [5.74, 6) is -0.648. The fourth-order valence-electron chi connectivity index (χ4n) is 5.46. The van der Waals surface area contributed by atoms with Crippen LogP contribution in [0.5, 0.6) is 0 Å². The zero-order valence-electron chi connectivity index (χ0n) is 19.2. The van der Waals surface area contributed by atoms with Crippen LogP contribution in [0.25, 0.3) is 10.9 Å². The maximum absolute atomic E-state index is 13.8. The predicted octanol–water partition coefficient (Wildman–Crippen LogP) is 6.35. The molecule has 4 nitrogen and oxygen atoms in total. The van der Waals surface area contributed by atoms with Crippen molar-refractivity contribution in [3.8, 4) is 0 Å². The topological polar surface area (TPSA) is 70.9 Å². The molecule has 5 rings (SSSR count). The largest absolute Gasteiger partial charge is 0.324 e. The Bertz CT molecular complexity index is 1470. The third-order valence-corrected chi connectivity index (χ3v) is 7.80. The quantitative estimate of drug-likeness (QED) is 0.275. The first-order valence-electron chi connectivity index (χ1n) is 11.6. The van der Waals surface area contributed by atoms with Gasteiger partial charge in [0.25, 0.3) is 5.56 Å². The van der Waals surface area contributed by atoms with E-state index in [4.69, 9.17) is 17.3 Å². The van der Waals surface area contributed by atoms with E-state index in [1.165, 1.54) is 6.07 Å². The first-order valence-corrected chi connectivity index (χ1v) is 12.8. The van der Waals surface area contributed by atoms with Gasteiger partial charge < -0.3 is 16.0 Å². The molecule has 3 aromatic carbocycles. The van der Waals surface area contributed by atoms with Gasteiger partial charge in [-0.05, 0) is 96.9 Å². The Labute approximate surface area is 216 Å². The van der Waals surface area contributed by atoms with E-state index in [1.54, 1.807) is 6.07 Å². The van der Waals surface area contributed by atoms with Crippen LogP contribution in [0, 0.1) is 12.7 Å². The Morgan fingerprint density at radius 1 is 1.14 bits per heavy atom. The van der Waals surface area contributed by atoms with Crippen molar-refractivity contribution >= 4 is 38.4 Å². The SMILES string of the molecule is Cc1cc(F)ccc1C1CC(N)(C(c2cccc(Cl)c2)c2cc3cc(Br)ccc3[nH]c2=O)CCN1. The second-order valence-corrected chi connectivity index (χ2v) is 10.8. The molecule has 1 aliphatic heterocycles. The number of piperidine rings is 1. The second-order valence-electron chi connectivity index (χ2n) is 9.47. The fourth-order valence-corrected chi connectivity index (χ4v) is 6.04. The summed E-state index contributed by atoms with van der Waals surface area (Å²) in [4.78, 5) is 16.5. The van der Waals surface area contributed by atoms with E-state index in [0.29, 0.717) is 30.0 Å². The molecule has 0 spiro atoms. The number of nitrogens with two attached hydrogens (primary N) is 1. The number of pyridine rings is 1. The van der Waals surface area contributed by atoms with Gasteiger partial charge >= 0.3 is 0 Å². The predicted molar refractivity (Wildman–Crippen MR) is 144 cm³/mol. The van der Waals surface area contributed by atoms with Gasteiger partial charge in [0.2, 0.25) is 0 Å². The van der Waals surface area contributed by atoms with Crippen LogP contribution in [-0.2, 0) is 0 Å². The monoisotopic (exact) mass is 553 g/mol. The van der Waals surface area contributed by atoms with E-state index >= 15 is 0 Å². The van der Waals surface area contributed by atoms with E-state index in [1.807, 2.05) is 61.5 Å². The number of H-pyrrole nitrogens is 1. The second kappa shape index (κ2) is 9.51. The van der Waals surface area contributed by atoms with Gasteiger partial charge in [-0.3, -0.25) is 4.79 Å². The van der Waals surface area contributed by atoms with Crippen LogP contribution < -0.4 is 16.6 Å². The molecule has 35 heavy (non-hydrogen) atoms. The highest BCUT2D eigenvalue weighted by Gasteiger charge is 2.43. The Morgan fingerprint density at radius 3 is 2.74 bits per heavy atom. The summed E-state index contributed by atoms with van der Waals surface area (Å²) in [5, 5.41) is 5.07. The Kier molecular flexibility index (Phi) is 6.57. The molecule has 7 heteroatoms. The molecule has 2 heterocycles. The van der Waals surface area contributed by atoms with E-state index in [0.717, 1.165) is 32.1 Å². The highest BCUT2D eigenvalue weighted by atomic mass is 79.9. The Hall–Kier alpha value is -2.51. The van der Waals surface area contributed by atoms with Crippen molar-refractivity contribution in [2.75, 3.05) is 6.54 Å². The van der Waals surface area contributed by atoms with Crippen molar-refractivity contribution in [2.24, 2.45) is 5.73 Å². The molecule has 3 atom stereocenters. The summed E-state index contributed by atoms with van der Waals surface area (Å²) in [6.45, 7) is 2.58. The number of rotatable bonds is 4.